The third-order valence-electron chi connectivity index (χ3n) is 6.87. The first kappa shape index (κ1) is 22.7. The molecule has 5 nitrogen and oxygen atoms in total. The second-order valence-electron chi connectivity index (χ2n) is 9.41. The molecule has 2 aliphatic rings. The lowest BCUT2D eigenvalue weighted by molar-refractivity contribution is -0.119. The Kier molecular flexibility index (Phi) is 6.61. The zero-order chi connectivity index (χ0) is 22.9. The number of rotatable bonds is 5. The van der Waals surface area contributed by atoms with Crippen molar-refractivity contribution in [2.45, 2.75) is 82.8 Å². The molecule has 1 amide bonds. The molecule has 2 heterocycles. The zero-order valence-electron chi connectivity index (χ0n) is 19.4. The van der Waals surface area contributed by atoms with Crippen LogP contribution >= 0.6 is 23.1 Å². The predicted molar refractivity (Wildman–Crippen MR) is 137 cm³/mol. The van der Waals surface area contributed by atoms with Crippen LogP contribution in [0.2, 0.25) is 0 Å². The summed E-state index contributed by atoms with van der Waals surface area (Å²) in [4.78, 5) is 33.7. The number of fused-ring (bicyclic) bond motifs is 3. The summed E-state index contributed by atoms with van der Waals surface area (Å²) in [6.45, 7) is 4.07. The summed E-state index contributed by atoms with van der Waals surface area (Å²) >= 11 is 3.04. The van der Waals surface area contributed by atoms with Crippen LogP contribution in [0.25, 0.3) is 15.9 Å². The maximum Gasteiger partial charge on any atom is 0.267 e. The highest BCUT2D eigenvalue weighted by molar-refractivity contribution is 7.99. The van der Waals surface area contributed by atoms with Crippen LogP contribution in [0, 0.1) is 13.8 Å². The van der Waals surface area contributed by atoms with Gasteiger partial charge < -0.3 is 5.32 Å². The van der Waals surface area contributed by atoms with Gasteiger partial charge in [-0.05, 0) is 75.1 Å². The number of carbonyl (C=O) groups excluding carboxylic acids is 1. The molecule has 0 bridgehead atoms. The first-order chi connectivity index (χ1) is 16.0. The summed E-state index contributed by atoms with van der Waals surface area (Å²) in [5, 5.41) is 4.58. The van der Waals surface area contributed by atoms with E-state index in [1.165, 1.54) is 47.9 Å². The molecule has 1 fully saturated rings. The number of hydrogen-bond acceptors (Lipinski definition) is 5. The van der Waals surface area contributed by atoms with E-state index in [9.17, 15) is 9.59 Å². The average molecular weight is 482 g/mol. The fourth-order valence-electron chi connectivity index (χ4n) is 5.10. The highest BCUT2D eigenvalue weighted by atomic mass is 32.2. The molecular formula is C26H31N3O2S2. The Hall–Kier alpha value is -2.12. The lowest BCUT2D eigenvalue weighted by atomic mass is 9.95. The summed E-state index contributed by atoms with van der Waals surface area (Å²) in [6.07, 6.45) is 10.0. The van der Waals surface area contributed by atoms with Crippen LogP contribution in [0.4, 0.5) is 0 Å². The summed E-state index contributed by atoms with van der Waals surface area (Å²) in [7, 11) is 0. The SMILES string of the molecule is Cc1ccc(C)c(-n2c(SCC(=O)NC3CCCCC3)nc3sc4c(c3c2=O)CCCC4)c1. The van der Waals surface area contributed by atoms with Gasteiger partial charge >= 0.3 is 0 Å². The second-order valence-corrected chi connectivity index (χ2v) is 11.4. The molecule has 0 spiro atoms. The van der Waals surface area contributed by atoms with Crippen LogP contribution in [-0.4, -0.2) is 27.3 Å². The van der Waals surface area contributed by atoms with E-state index in [2.05, 4.69) is 23.5 Å². The maximum absolute atomic E-state index is 13.9. The molecule has 3 aromatic rings. The average Bonchev–Trinajstić information content (AvgIpc) is 3.19. The molecule has 0 atom stereocenters. The van der Waals surface area contributed by atoms with Gasteiger partial charge in [0.15, 0.2) is 5.16 Å². The minimum atomic E-state index is 0.00305. The highest BCUT2D eigenvalue weighted by Crippen LogP contribution is 2.35. The number of aromatic nitrogens is 2. The molecule has 1 aromatic carbocycles. The quantitative estimate of drug-likeness (QED) is 0.387. The molecule has 1 saturated carbocycles. The van der Waals surface area contributed by atoms with Crippen LogP contribution in [0.5, 0.6) is 0 Å². The Bertz CT molecular complexity index is 1250. The van der Waals surface area contributed by atoms with E-state index in [-0.39, 0.29) is 23.3 Å². The van der Waals surface area contributed by atoms with Crippen molar-refractivity contribution in [1.82, 2.24) is 14.9 Å². The van der Waals surface area contributed by atoms with E-state index in [4.69, 9.17) is 4.98 Å². The van der Waals surface area contributed by atoms with E-state index in [1.54, 1.807) is 15.9 Å². The summed E-state index contributed by atoms with van der Waals surface area (Å²) in [5.41, 5.74) is 4.19. The van der Waals surface area contributed by atoms with Gasteiger partial charge in [-0.2, -0.15) is 0 Å². The van der Waals surface area contributed by atoms with Gasteiger partial charge in [0.25, 0.3) is 5.56 Å². The van der Waals surface area contributed by atoms with Crippen LogP contribution in [0.3, 0.4) is 0 Å². The van der Waals surface area contributed by atoms with Crippen molar-refractivity contribution in [2.75, 3.05) is 5.75 Å². The Morgan fingerprint density at radius 3 is 2.76 bits per heavy atom. The lowest BCUT2D eigenvalue weighted by Crippen LogP contribution is -2.37. The fourth-order valence-corrected chi connectivity index (χ4v) is 7.22. The summed E-state index contributed by atoms with van der Waals surface area (Å²) in [6, 6.07) is 6.45. The molecule has 0 radical (unpaired) electrons. The van der Waals surface area contributed by atoms with Gasteiger partial charge in [0.2, 0.25) is 5.91 Å². The Morgan fingerprint density at radius 2 is 1.94 bits per heavy atom. The topological polar surface area (TPSA) is 64.0 Å². The van der Waals surface area contributed by atoms with Gasteiger partial charge in [0.05, 0.1) is 16.8 Å². The van der Waals surface area contributed by atoms with Crippen LogP contribution < -0.4 is 10.9 Å². The number of amides is 1. The normalized spacial score (nSPS) is 16.7. The van der Waals surface area contributed by atoms with E-state index in [1.807, 2.05) is 13.8 Å². The fraction of sp³-hybridized carbons (Fsp3) is 0.500. The lowest BCUT2D eigenvalue weighted by Gasteiger charge is -2.22. The van der Waals surface area contributed by atoms with Gasteiger partial charge in [-0.15, -0.1) is 11.3 Å². The van der Waals surface area contributed by atoms with Crippen molar-refractivity contribution >= 4 is 39.2 Å². The molecule has 33 heavy (non-hydrogen) atoms. The van der Waals surface area contributed by atoms with Crippen LogP contribution in [0.1, 0.15) is 66.5 Å². The van der Waals surface area contributed by atoms with Gasteiger partial charge in [-0.25, -0.2) is 4.98 Å². The first-order valence-corrected chi connectivity index (χ1v) is 13.9. The van der Waals surface area contributed by atoms with E-state index in [0.717, 1.165) is 59.1 Å². The van der Waals surface area contributed by atoms with E-state index >= 15 is 0 Å². The number of carbonyl (C=O) groups is 1. The molecule has 0 unspecified atom stereocenters. The van der Waals surface area contributed by atoms with Crippen molar-refractivity contribution in [3.8, 4) is 5.69 Å². The van der Waals surface area contributed by atoms with Crippen LogP contribution in [0.15, 0.2) is 28.2 Å². The molecule has 5 rings (SSSR count). The maximum atomic E-state index is 13.9. The largest absolute Gasteiger partial charge is 0.353 e. The number of thiophene rings is 1. The molecule has 2 aromatic heterocycles. The van der Waals surface area contributed by atoms with Gasteiger partial charge in [0.1, 0.15) is 4.83 Å². The van der Waals surface area contributed by atoms with Crippen molar-refractivity contribution in [2.24, 2.45) is 0 Å². The third-order valence-corrected chi connectivity index (χ3v) is 8.99. The highest BCUT2D eigenvalue weighted by Gasteiger charge is 2.24. The number of benzene rings is 1. The van der Waals surface area contributed by atoms with Crippen molar-refractivity contribution in [3.63, 3.8) is 0 Å². The summed E-state index contributed by atoms with van der Waals surface area (Å²) in [5.74, 6) is 0.295. The molecular weight excluding hydrogens is 450 g/mol. The minimum absolute atomic E-state index is 0.00305. The molecule has 0 saturated heterocycles. The molecule has 1 N–H and O–H groups in total. The van der Waals surface area contributed by atoms with Gasteiger partial charge in [-0.1, -0.05) is 43.2 Å². The summed E-state index contributed by atoms with van der Waals surface area (Å²) < 4.78 is 1.75. The number of nitrogens with zero attached hydrogens (tertiary/aromatic N) is 2. The van der Waals surface area contributed by atoms with Crippen molar-refractivity contribution in [1.29, 1.82) is 0 Å². The number of hydrogen-bond donors (Lipinski definition) is 1. The smallest absolute Gasteiger partial charge is 0.267 e. The Morgan fingerprint density at radius 1 is 1.15 bits per heavy atom. The monoisotopic (exact) mass is 481 g/mol. The second kappa shape index (κ2) is 9.63. The molecule has 2 aliphatic carbocycles. The van der Waals surface area contributed by atoms with Gasteiger partial charge in [0, 0.05) is 10.9 Å². The standard InChI is InChI=1S/C26H31N3O2S2/c1-16-12-13-17(2)20(14-16)29-25(31)23-19-10-6-7-11-21(19)33-24(23)28-26(29)32-15-22(30)27-18-8-4-3-5-9-18/h12-14,18H,3-11,15H2,1-2H3,(H,27,30). The molecule has 7 heteroatoms. The predicted octanol–water partition coefficient (Wildman–Crippen LogP) is 5.48. The first-order valence-electron chi connectivity index (χ1n) is 12.1. The van der Waals surface area contributed by atoms with Gasteiger partial charge in [-0.3, -0.25) is 14.2 Å². The van der Waals surface area contributed by atoms with Crippen molar-refractivity contribution < 1.29 is 4.79 Å². The van der Waals surface area contributed by atoms with E-state index in [0.29, 0.717) is 5.16 Å². The number of aryl methyl sites for hydroxylation is 4. The minimum Gasteiger partial charge on any atom is -0.353 e. The zero-order valence-corrected chi connectivity index (χ0v) is 21.0. The van der Waals surface area contributed by atoms with Crippen LogP contribution in [-0.2, 0) is 17.6 Å². The number of nitrogens with one attached hydrogen (secondary N) is 1. The molecule has 0 aliphatic heterocycles. The third kappa shape index (κ3) is 4.62. The van der Waals surface area contributed by atoms with Crippen molar-refractivity contribution in [3.05, 3.63) is 50.1 Å². The Balaban J connectivity index is 1.54. The van der Waals surface area contributed by atoms with E-state index < -0.39 is 0 Å². The number of thioether (sulfide) groups is 1. The molecule has 174 valence electrons. The Labute approximate surface area is 203 Å².